The number of anilines is 6. The highest BCUT2D eigenvalue weighted by Crippen LogP contribution is 2.39. The van der Waals surface area contributed by atoms with Gasteiger partial charge in [-0.3, -0.25) is 0 Å². The van der Waals surface area contributed by atoms with Crippen LogP contribution < -0.4 is 19.1 Å². The molecule has 0 aliphatic carbocycles. The molecule has 0 unspecified atom stereocenters. The zero-order valence-electron chi connectivity index (χ0n) is 29.8. The van der Waals surface area contributed by atoms with Gasteiger partial charge in [-0.25, -0.2) is 0 Å². The Kier molecular flexibility index (Phi) is 9.82. The van der Waals surface area contributed by atoms with Crippen molar-refractivity contribution in [3.8, 4) is 11.5 Å². The lowest BCUT2D eigenvalue weighted by atomic mass is 10.1. The predicted molar refractivity (Wildman–Crippen MR) is 207 cm³/mol. The summed E-state index contributed by atoms with van der Waals surface area (Å²) in [4.78, 5) is 4.60. The Bertz CT molecular complexity index is 1940. The van der Waals surface area contributed by atoms with Crippen molar-refractivity contribution in [2.45, 2.75) is 55.4 Å². The number of nitrogens with zero attached hydrogens (tertiary/aromatic N) is 2. The van der Waals surface area contributed by atoms with Crippen LogP contribution in [0.2, 0.25) is 0 Å². The number of hydrogen-bond acceptors (Lipinski definition) is 4. The van der Waals surface area contributed by atoms with E-state index in [1.807, 2.05) is 24.3 Å². The Morgan fingerprint density at radius 1 is 0.347 bits per heavy atom. The highest BCUT2D eigenvalue weighted by Gasteiger charge is 2.17. The molecule has 0 atom stereocenters. The van der Waals surface area contributed by atoms with Crippen molar-refractivity contribution >= 4 is 41.8 Å². The fourth-order valence-electron chi connectivity index (χ4n) is 6.18. The first kappa shape index (κ1) is 33.5. The molecule has 0 amide bonds. The molecule has 0 fully saturated rings. The molecule has 49 heavy (non-hydrogen) atoms. The molecule has 0 saturated heterocycles. The van der Waals surface area contributed by atoms with Gasteiger partial charge in [0.1, 0.15) is 11.5 Å². The minimum atomic E-state index is 0.691. The van der Waals surface area contributed by atoms with E-state index in [1.54, 1.807) is 0 Å². The molecule has 4 nitrogen and oxygen atoms in total. The van der Waals surface area contributed by atoms with Crippen molar-refractivity contribution < 1.29 is 9.31 Å². The summed E-state index contributed by atoms with van der Waals surface area (Å²) in [5.74, 6) is 1.38. The number of benzene rings is 6. The molecule has 0 N–H and O–H groups in total. The molecule has 245 valence electrons. The molecule has 0 saturated carbocycles. The molecule has 0 spiro atoms. The normalized spacial score (nSPS) is 10.9. The molecule has 6 aromatic rings. The standard InChI is InChI=1S/C44H44BN2O2/c1-29-9-23-43(35(7)25-29)46(39-13-11-31(3)33(5)27-39)37-15-19-41(20-16-37)48-45-49-42-21-17-38(18-22-42)47(40-14-12-32(4)34(6)28-40)44-24-10-30(2)26-36(44)8/h9-28H,1-8H3. The molecular weight excluding hydrogens is 599 g/mol. The first-order valence-electron chi connectivity index (χ1n) is 16.8. The van der Waals surface area contributed by atoms with Gasteiger partial charge in [-0.05, 0) is 174 Å². The zero-order valence-corrected chi connectivity index (χ0v) is 29.8. The summed E-state index contributed by atoms with van der Waals surface area (Å²) in [6.07, 6.45) is 0. The fourth-order valence-corrected chi connectivity index (χ4v) is 6.18. The Morgan fingerprint density at radius 2 is 0.714 bits per heavy atom. The van der Waals surface area contributed by atoms with E-state index in [0.717, 1.165) is 34.1 Å². The summed E-state index contributed by atoms with van der Waals surface area (Å²) in [5, 5.41) is 0. The highest BCUT2D eigenvalue weighted by atomic mass is 16.6. The van der Waals surface area contributed by atoms with Crippen LogP contribution in [-0.4, -0.2) is 7.69 Å². The third-order valence-electron chi connectivity index (χ3n) is 9.24. The summed E-state index contributed by atoms with van der Waals surface area (Å²) in [7, 11) is 1.39. The van der Waals surface area contributed by atoms with Crippen LogP contribution in [0, 0.1) is 55.4 Å². The Morgan fingerprint density at radius 3 is 1.06 bits per heavy atom. The number of rotatable bonds is 10. The lowest BCUT2D eigenvalue weighted by Crippen LogP contribution is -2.13. The molecule has 6 aromatic carbocycles. The van der Waals surface area contributed by atoms with Gasteiger partial charge in [-0.15, -0.1) is 0 Å². The van der Waals surface area contributed by atoms with Gasteiger partial charge in [0.2, 0.25) is 0 Å². The van der Waals surface area contributed by atoms with Gasteiger partial charge < -0.3 is 19.1 Å². The van der Waals surface area contributed by atoms with E-state index < -0.39 is 0 Å². The molecule has 0 heterocycles. The summed E-state index contributed by atoms with van der Waals surface area (Å²) in [6.45, 7) is 17.2. The van der Waals surface area contributed by atoms with Gasteiger partial charge in [-0.1, -0.05) is 47.5 Å². The molecular formula is C44H44BN2O2. The lowest BCUT2D eigenvalue weighted by molar-refractivity contribution is 0.459. The van der Waals surface area contributed by atoms with E-state index >= 15 is 0 Å². The third-order valence-corrected chi connectivity index (χ3v) is 9.24. The van der Waals surface area contributed by atoms with E-state index in [2.05, 4.69) is 162 Å². The van der Waals surface area contributed by atoms with Crippen LogP contribution in [0.4, 0.5) is 34.1 Å². The van der Waals surface area contributed by atoms with Crippen molar-refractivity contribution in [2.75, 3.05) is 9.80 Å². The quantitative estimate of drug-likeness (QED) is 0.139. The van der Waals surface area contributed by atoms with Crippen molar-refractivity contribution in [1.29, 1.82) is 0 Å². The second-order valence-electron chi connectivity index (χ2n) is 13.1. The van der Waals surface area contributed by atoms with Crippen molar-refractivity contribution in [2.24, 2.45) is 0 Å². The van der Waals surface area contributed by atoms with E-state index in [-0.39, 0.29) is 0 Å². The van der Waals surface area contributed by atoms with Crippen LogP contribution in [-0.2, 0) is 0 Å². The summed E-state index contributed by atoms with van der Waals surface area (Å²) in [6, 6.07) is 42.6. The molecule has 5 heteroatoms. The van der Waals surface area contributed by atoms with Crippen molar-refractivity contribution in [3.05, 3.63) is 166 Å². The average Bonchev–Trinajstić information content (AvgIpc) is 3.08. The average molecular weight is 644 g/mol. The van der Waals surface area contributed by atoms with Crippen molar-refractivity contribution in [3.63, 3.8) is 0 Å². The largest absolute Gasteiger partial charge is 0.658 e. The topological polar surface area (TPSA) is 24.9 Å². The van der Waals surface area contributed by atoms with Gasteiger partial charge >= 0.3 is 7.69 Å². The summed E-state index contributed by atoms with van der Waals surface area (Å²) >= 11 is 0. The zero-order chi connectivity index (χ0) is 34.7. The Labute approximate surface area is 292 Å². The number of aryl methyl sites for hydroxylation is 8. The van der Waals surface area contributed by atoms with Crippen LogP contribution in [0.3, 0.4) is 0 Å². The minimum Gasteiger partial charge on any atom is -0.526 e. The first-order chi connectivity index (χ1) is 23.6. The van der Waals surface area contributed by atoms with Crippen LogP contribution in [0.5, 0.6) is 11.5 Å². The fraction of sp³-hybridized carbons (Fsp3) is 0.182. The summed E-state index contributed by atoms with van der Waals surface area (Å²) < 4.78 is 11.8. The molecule has 0 aliphatic heterocycles. The van der Waals surface area contributed by atoms with E-state index in [9.17, 15) is 0 Å². The van der Waals surface area contributed by atoms with Gasteiger partial charge in [0.15, 0.2) is 0 Å². The van der Waals surface area contributed by atoms with E-state index in [4.69, 9.17) is 9.31 Å². The van der Waals surface area contributed by atoms with Gasteiger partial charge in [0, 0.05) is 34.1 Å². The van der Waals surface area contributed by atoms with Crippen LogP contribution in [0.1, 0.15) is 44.5 Å². The second-order valence-corrected chi connectivity index (χ2v) is 13.1. The smallest absolute Gasteiger partial charge is 0.526 e. The Hall–Kier alpha value is -5.42. The first-order valence-corrected chi connectivity index (χ1v) is 16.8. The SMILES string of the molecule is Cc1ccc(N(c2ccc(O[B]Oc3ccc(N(c4ccc(C)c(C)c4)c4ccc(C)cc4C)cc3)cc2)c2ccc(C)c(C)c2)c(C)c1. The van der Waals surface area contributed by atoms with E-state index in [0.29, 0.717) is 11.5 Å². The highest BCUT2D eigenvalue weighted by molar-refractivity contribution is 6.20. The van der Waals surface area contributed by atoms with Gasteiger partial charge in [0.25, 0.3) is 0 Å². The molecule has 6 rings (SSSR count). The van der Waals surface area contributed by atoms with Crippen LogP contribution in [0.25, 0.3) is 0 Å². The molecule has 0 aliphatic rings. The molecule has 1 radical (unpaired) electrons. The molecule has 0 bridgehead atoms. The third kappa shape index (κ3) is 7.52. The minimum absolute atomic E-state index is 0.691. The predicted octanol–water partition coefficient (Wildman–Crippen LogP) is 12.1. The van der Waals surface area contributed by atoms with Crippen molar-refractivity contribution in [1.82, 2.24) is 0 Å². The maximum Gasteiger partial charge on any atom is 0.658 e. The van der Waals surface area contributed by atoms with Gasteiger partial charge in [0.05, 0.1) is 0 Å². The lowest BCUT2D eigenvalue weighted by Gasteiger charge is -2.28. The monoisotopic (exact) mass is 643 g/mol. The molecule has 0 aromatic heterocycles. The number of hydrogen-bond donors (Lipinski definition) is 0. The van der Waals surface area contributed by atoms with Crippen LogP contribution >= 0.6 is 0 Å². The van der Waals surface area contributed by atoms with Crippen LogP contribution in [0.15, 0.2) is 121 Å². The summed E-state index contributed by atoms with van der Waals surface area (Å²) in [5.41, 5.74) is 16.6. The Balaban J connectivity index is 1.17. The van der Waals surface area contributed by atoms with E-state index in [1.165, 1.54) is 52.2 Å². The maximum atomic E-state index is 5.92. The maximum absolute atomic E-state index is 5.92. The second kappa shape index (κ2) is 14.4. The van der Waals surface area contributed by atoms with Gasteiger partial charge in [-0.2, -0.15) is 0 Å².